The Morgan fingerprint density at radius 2 is 1.76 bits per heavy atom. The van der Waals surface area contributed by atoms with Gasteiger partial charge in [0.25, 0.3) is 5.91 Å². The third-order valence-corrected chi connectivity index (χ3v) is 5.92. The van der Waals surface area contributed by atoms with E-state index in [4.69, 9.17) is 0 Å². The fourth-order valence-corrected chi connectivity index (χ4v) is 4.30. The van der Waals surface area contributed by atoms with Crippen LogP contribution in [0.5, 0.6) is 0 Å². The molecule has 1 aromatic rings. The number of benzene rings is 1. The summed E-state index contributed by atoms with van der Waals surface area (Å²) in [5.74, 6) is 0.329. The van der Waals surface area contributed by atoms with E-state index in [1.807, 2.05) is 11.0 Å². The monoisotopic (exact) mass is 286 g/mol. The molecule has 3 fully saturated rings. The summed E-state index contributed by atoms with van der Waals surface area (Å²) >= 11 is 0. The quantitative estimate of drug-likeness (QED) is 0.761. The van der Waals surface area contributed by atoms with Crippen molar-refractivity contribution in [2.75, 3.05) is 50.7 Å². The van der Waals surface area contributed by atoms with Gasteiger partial charge in [-0.25, -0.2) is 0 Å². The van der Waals surface area contributed by atoms with Crippen molar-refractivity contribution in [2.24, 2.45) is 0 Å². The van der Waals surface area contributed by atoms with Crippen LogP contribution in [0.4, 0.5) is 5.69 Å². The number of hydrogen-bond acceptors (Lipinski definition) is 2. The molecule has 21 heavy (non-hydrogen) atoms. The van der Waals surface area contributed by atoms with Crippen LogP contribution < -0.4 is 4.90 Å². The molecular formula is C17H24N3O+. The highest BCUT2D eigenvalue weighted by Crippen LogP contribution is 2.31. The molecule has 4 aliphatic heterocycles. The van der Waals surface area contributed by atoms with Gasteiger partial charge in [-0.2, -0.15) is 0 Å². The highest BCUT2D eigenvalue weighted by Gasteiger charge is 2.46. The number of amides is 1. The summed E-state index contributed by atoms with van der Waals surface area (Å²) in [5.41, 5.74) is 2.46. The number of piperazine rings is 3. The number of carbonyl (C=O) groups is 1. The van der Waals surface area contributed by atoms with Gasteiger partial charge in [-0.1, -0.05) is 18.2 Å². The lowest BCUT2D eigenvalue weighted by Gasteiger charge is -2.53. The molecular weight excluding hydrogens is 262 g/mol. The number of anilines is 1. The van der Waals surface area contributed by atoms with Crippen LogP contribution in [0.2, 0.25) is 0 Å². The fraction of sp³-hybridized carbons (Fsp3) is 0.588. The summed E-state index contributed by atoms with van der Waals surface area (Å²) in [7, 11) is 0. The Balaban J connectivity index is 1.58. The van der Waals surface area contributed by atoms with Crippen LogP contribution in [0.25, 0.3) is 0 Å². The van der Waals surface area contributed by atoms with E-state index >= 15 is 0 Å². The van der Waals surface area contributed by atoms with E-state index < -0.39 is 0 Å². The standard InChI is InChI=1S/C17H24N3O/c1-14(20-11-8-18(9-12-20)10-13-20)17(21)19-7-6-15-4-2-3-5-16(15)19/h2-5,14H,6-13H2,1H3/q+1. The van der Waals surface area contributed by atoms with E-state index in [0.29, 0.717) is 5.91 Å². The van der Waals surface area contributed by atoms with Gasteiger partial charge in [-0.05, 0) is 25.0 Å². The molecule has 4 aliphatic rings. The molecule has 0 radical (unpaired) electrons. The van der Waals surface area contributed by atoms with Crippen LogP contribution in [0, 0.1) is 0 Å². The molecule has 4 heterocycles. The van der Waals surface area contributed by atoms with Gasteiger partial charge >= 0.3 is 0 Å². The average molecular weight is 286 g/mol. The van der Waals surface area contributed by atoms with Crippen molar-refractivity contribution in [3.05, 3.63) is 29.8 Å². The predicted octanol–water partition coefficient (Wildman–Crippen LogP) is 1.11. The Morgan fingerprint density at radius 3 is 2.48 bits per heavy atom. The van der Waals surface area contributed by atoms with Crippen molar-refractivity contribution in [1.29, 1.82) is 0 Å². The highest BCUT2D eigenvalue weighted by atomic mass is 16.2. The summed E-state index contributed by atoms with van der Waals surface area (Å²) in [4.78, 5) is 17.7. The Labute approximate surface area is 126 Å². The molecule has 5 rings (SSSR count). The smallest absolute Gasteiger partial charge is 0.285 e. The second kappa shape index (κ2) is 4.82. The van der Waals surface area contributed by atoms with Crippen molar-refractivity contribution in [2.45, 2.75) is 19.4 Å². The van der Waals surface area contributed by atoms with Crippen molar-refractivity contribution < 1.29 is 9.28 Å². The van der Waals surface area contributed by atoms with Crippen molar-refractivity contribution in [3.63, 3.8) is 0 Å². The molecule has 0 saturated carbocycles. The van der Waals surface area contributed by atoms with E-state index in [-0.39, 0.29) is 6.04 Å². The molecule has 3 saturated heterocycles. The minimum Gasteiger partial charge on any atom is -0.310 e. The molecule has 112 valence electrons. The number of fused-ring (bicyclic) bond motifs is 4. The summed E-state index contributed by atoms with van der Waals surface area (Å²) in [5, 5.41) is 0. The maximum Gasteiger partial charge on any atom is 0.285 e. The fourth-order valence-electron chi connectivity index (χ4n) is 4.30. The van der Waals surface area contributed by atoms with Gasteiger partial charge in [0.2, 0.25) is 0 Å². The van der Waals surface area contributed by atoms with E-state index in [0.717, 1.165) is 62.4 Å². The molecule has 0 aromatic heterocycles. The molecule has 2 bridgehead atoms. The summed E-state index contributed by atoms with van der Waals surface area (Å²) in [6.07, 6.45) is 1.00. The van der Waals surface area contributed by atoms with Crippen LogP contribution in [0.3, 0.4) is 0 Å². The second-order valence-electron chi connectivity index (χ2n) is 6.78. The summed E-state index contributed by atoms with van der Waals surface area (Å²) in [6.45, 7) is 9.92. The molecule has 1 unspecified atom stereocenters. The third kappa shape index (κ3) is 2.00. The number of nitrogens with zero attached hydrogens (tertiary/aromatic N) is 3. The van der Waals surface area contributed by atoms with Crippen LogP contribution in [0.1, 0.15) is 12.5 Å². The zero-order valence-corrected chi connectivity index (χ0v) is 12.8. The zero-order valence-electron chi connectivity index (χ0n) is 12.8. The number of carbonyl (C=O) groups excluding carboxylic acids is 1. The minimum absolute atomic E-state index is 0.0959. The van der Waals surface area contributed by atoms with Crippen molar-refractivity contribution in [1.82, 2.24) is 4.90 Å². The van der Waals surface area contributed by atoms with Gasteiger partial charge in [0.1, 0.15) is 0 Å². The Kier molecular flexibility index (Phi) is 3.05. The Bertz CT molecular complexity index is 549. The molecule has 0 aliphatic carbocycles. The lowest BCUT2D eigenvalue weighted by molar-refractivity contribution is -0.953. The lowest BCUT2D eigenvalue weighted by atomic mass is 10.1. The first-order chi connectivity index (χ1) is 10.2. The Morgan fingerprint density at radius 1 is 1.10 bits per heavy atom. The zero-order chi connectivity index (χ0) is 14.4. The van der Waals surface area contributed by atoms with Gasteiger partial charge in [0.05, 0.1) is 19.6 Å². The maximum absolute atomic E-state index is 13.1. The van der Waals surface area contributed by atoms with E-state index in [1.165, 1.54) is 5.56 Å². The lowest BCUT2D eigenvalue weighted by Crippen LogP contribution is -2.72. The Hall–Kier alpha value is -1.39. The van der Waals surface area contributed by atoms with Crippen LogP contribution >= 0.6 is 0 Å². The third-order valence-electron chi connectivity index (χ3n) is 5.92. The number of hydrogen-bond donors (Lipinski definition) is 0. The molecule has 1 aromatic carbocycles. The molecule has 1 atom stereocenters. The summed E-state index contributed by atoms with van der Waals surface area (Å²) in [6, 6.07) is 8.46. The molecule has 4 heteroatoms. The van der Waals surface area contributed by atoms with Gasteiger partial charge in [0.15, 0.2) is 6.04 Å². The SMILES string of the molecule is CC(C(=O)N1CCc2ccccc21)[N+]12CCN(CC1)CC2. The van der Waals surface area contributed by atoms with Crippen LogP contribution in [-0.2, 0) is 11.2 Å². The summed E-state index contributed by atoms with van der Waals surface area (Å²) < 4.78 is 1.01. The first kappa shape index (κ1) is 13.3. The highest BCUT2D eigenvalue weighted by molar-refractivity contribution is 5.98. The van der Waals surface area contributed by atoms with E-state index in [2.05, 4.69) is 30.0 Å². The normalized spacial score (nSPS) is 32.0. The van der Waals surface area contributed by atoms with Crippen molar-refractivity contribution >= 4 is 11.6 Å². The van der Waals surface area contributed by atoms with E-state index in [1.54, 1.807) is 0 Å². The average Bonchev–Trinajstić information content (AvgIpc) is 2.99. The minimum atomic E-state index is 0.0959. The van der Waals surface area contributed by atoms with Gasteiger partial charge in [0, 0.05) is 31.9 Å². The molecule has 4 nitrogen and oxygen atoms in total. The number of para-hydroxylation sites is 1. The largest absolute Gasteiger partial charge is 0.310 e. The maximum atomic E-state index is 13.1. The first-order valence-corrected chi connectivity index (χ1v) is 8.17. The van der Waals surface area contributed by atoms with Crippen LogP contribution in [0.15, 0.2) is 24.3 Å². The molecule has 0 N–H and O–H groups in total. The van der Waals surface area contributed by atoms with Gasteiger partial charge in [-0.15, -0.1) is 0 Å². The van der Waals surface area contributed by atoms with Gasteiger partial charge in [-0.3, -0.25) is 9.69 Å². The molecule has 1 amide bonds. The second-order valence-corrected chi connectivity index (χ2v) is 6.78. The van der Waals surface area contributed by atoms with Gasteiger partial charge < -0.3 is 9.38 Å². The predicted molar refractivity (Wildman–Crippen MR) is 83.3 cm³/mol. The van der Waals surface area contributed by atoms with Crippen molar-refractivity contribution in [3.8, 4) is 0 Å². The topological polar surface area (TPSA) is 23.6 Å². The first-order valence-electron chi connectivity index (χ1n) is 8.17. The number of rotatable bonds is 2. The molecule has 0 spiro atoms. The number of quaternary nitrogens is 1. The van der Waals surface area contributed by atoms with Crippen LogP contribution in [-0.4, -0.2) is 67.1 Å². The van der Waals surface area contributed by atoms with E-state index in [9.17, 15) is 4.79 Å².